The summed E-state index contributed by atoms with van der Waals surface area (Å²) >= 11 is 0. The van der Waals surface area contributed by atoms with Gasteiger partial charge in [-0.2, -0.15) is 0 Å². The van der Waals surface area contributed by atoms with Crippen molar-refractivity contribution in [1.29, 1.82) is 0 Å². The fourth-order valence-electron chi connectivity index (χ4n) is 3.12. The summed E-state index contributed by atoms with van der Waals surface area (Å²) in [5, 5.41) is 0. The summed E-state index contributed by atoms with van der Waals surface area (Å²) in [6.45, 7) is 9.77. The van der Waals surface area contributed by atoms with Crippen molar-refractivity contribution < 1.29 is 42.5 Å². The van der Waals surface area contributed by atoms with Crippen LogP contribution in [0, 0.1) is 0 Å². The van der Waals surface area contributed by atoms with Crippen molar-refractivity contribution in [3.8, 4) is 0 Å². The van der Waals surface area contributed by atoms with Crippen LogP contribution in [0.1, 0.15) is 54.0 Å². The number of fused-ring (bicyclic) bond motifs is 1. The lowest BCUT2D eigenvalue weighted by Crippen LogP contribution is -2.42. The van der Waals surface area contributed by atoms with Crippen molar-refractivity contribution in [3.63, 3.8) is 0 Å². The highest BCUT2D eigenvalue weighted by Gasteiger charge is 2.41. The van der Waals surface area contributed by atoms with Crippen molar-refractivity contribution in [3.05, 3.63) is 12.7 Å². The Morgan fingerprint density at radius 3 is 2.22 bits per heavy atom. The molecule has 2 heterocycles. The maximum atomic E-state index is 12.7. The van der Waals surface area contributed by atoms with Gasteiger partial charge >= 0.3 is 19.5 Å². The maximum Gasteiger partial charge on any atom is 0.354 e. The topological polar surface area (TPSA) is 187 Å². The summed E-state index contributed by atoms with van der Waals surface area (Å²) in [7, 11) is -3.05. The number of nitrogens with zero attached hydrogens (tertiary/aromatic N) is 4. The minimum atomic E-state index is -4.58. The Morgan fingerprint density at radius 2 is 1.68 bits per heavy atom. The fourth-order valence-corrected chi connectivity index (χ4v) is 4.04. The summed E-state index contributed by atoms with van der Waals surface area (Å²) in [5.41, 5.74) is 4.84. The van der Waals surface area contributed by atoms with Gasteiger partial charge in [-0.3, -0.25) is 9.09 Å². The van der Waals surface area contributed by atoms with E-state index in [-0.39, 0.29) is 25.1 Å². The molecule has 0 bridgehead atoms. The van der Waals surface area contributed by atoms with E-state index >= 15 is 0 Å². The zero-order valence-electron chi connectivity index (χ0n) is 22.2. The predicted molar refractivity (Wildman–Crippen MR) is 132 cm³/mol. The Hall–Kier alpha value is -2.64. The van der Waals surface area contributed by atoms with Crippen molar-refractivity contribution in [1.82, 2.24) is 19.5 Å². The Labute approximate surface area is 215 Å². The van der Waals surface area contributed by atoms with Gasteiger partial charge in [0, 0.05) is 13.7 Å². The van der Waals surface area contributed by atoms with Crippen LogP contribution in [0.25, 0.3) is 11.2 Å². The van der Waals surface area contributed by atoms with Gasteiger partial charge in [0.25, 0.3) is 6.10 Å². The molecule has 0 saturated heterocycles. The largest absolute Gasteiger partial charge is 0.458 e. The van der Waals surface area contributed by atoms with E-state index in [1.54, 1.807) is 52.4 Å². The van der Waals surface area contributed by atoms with E-state index in [9.17, 15) is 19.0 Å². The number of nitrogen functional groups attached to an aromatic ring is 1. The fraction of sp³-hybridized carbons (Fsp3) is 0.682. The Balaban J connectivity index is 2.05. The average Bonchev–Trinajstić information content (AvgIpc) is 3.17. The highest BCUT2D eigenvalue weighted by molar-refractivity contribution is 7.52. The van der Waals surface area contributed by atoms with Crippen LogP contribution in [0.2, 0.25) is 0 Å². The van der Waals surface area contributed by atoms with Crippen LogP contribution in [-0.2, 0) is 37.6 Å². The zero-order valence-corrected chi connectivity index (χ0v) is 23.1. The molecule has 15 heteroatoms. The maximum absolute atomic E-state index is 12.7. The molecule has 0 saturated carbocycles. The molecule has 14 nitrogen and oxygen atoms in total. The number of hydrogen-bond donors (Lipinski definition) is 2. The van der Waals surface area contributed by atoms with E-state index in [4.69, 9.17) is 29.2 Å². The van der Waals surface area contributed by atoms with Crippen molar-refractivity contribution in [2.45, 2.75) is 71.3 Å². The van der Waals surface area contributed by atoms with Crippen LogP contribution in [0.15, 0.2) is 12.7 Å². The molecule has 2 aromatic rings. The van der Waals surface area contributed by atoms with E-state index < -0.39 is 43.2 Å². The van der Waals surface area contributed by atoms with Crippen molar-refractivity contribution >= 4 is 36.5 Å². The van der Waals surface area contributed by atoms with Gasteiger partial charge < -0.3 is 34.1 Å². The molecule has 0 amide bonds. The summed E-state index contributed by atoms with van der Waals surface area (Å²) < 4.78 is 40.5. The van der Waals surface area contributed by atoms with Crippen LogP contribution in [0.3, 0.4) is 0 Å². The van der Waals surface area contributed by atoms with Gasteiger partial charge in [0.1, 0.15) is 29.4 Å². The average molecular weight is 546 g/mol. The number of nitrogens with two attached hydrogens (primary N) is 1. The number of aromatic nitrogens is 4. The third kappa shape index (κ3) is 9.63. The third-order valence-corrected chi connectivity index (χ3v) is 5.55. The van der Waals surface area contributed by atoms with Gasteiger partial charge in [-0.1, -0.05) is 0 Å². The van der Waals surface area contributed by atoms with Crippen LogP contribution in [0.5, 0.6) is 0 Å². The summed E-state index contributed by atoms with van der Waals surface area (Å²) in [4.78, 5) is 47.8. The molecule has 0 aliphatic heterocycles. The number of hydrogen-bond acceptors (Lipinski definition) is 12. The number of esters is 2. The molecule has 208 valence electrons. The molecule has 0 spiro atoms. The second-order valence-corrected chi connectivity index (χ2v) is 12.0. The second-order valence-electron chi connectivity index (χ2n) is 10.2. The van der Waals surface area contributed by atoms with Gasteiger partial charge in [0.15, 0.2) is 11.5 Å². The van der Waals surface area contributed by atoms with E-state index in [1.807, 2.05) is 0 Å². The van der Waals surface area contributed by atoms with Crippen LogP contribution < -0.4 is 5.73 Å². The second kappa shape index (κ2) is 12.3. The number of methoxy groups -OCH3 is 1. The lowest BCUT2D eigenvalue weighted by atomic mass is 10.2. The molecule has 3 N–H and O–H groups in total. The molecule has 2 unspecified atom stereocenters. The normalized spacial score (nSPS) is 14.9. The molecule has 2 rings (SSSR count). The van der Waals surface area contributed by atoms with Crippen LogP contribution in [0.4, 0.5) is 5.82 Å². The molecule has 0 radical (unpaired) electrons. The van der Waals surface area contributed by atoms with E-state index in [0.29, 0.717) is 17.6 Å². The summed E-state index contributed by atoms with van der Waals surface area (Å²) in [6, 6.07) is -0.292. The molecular weight excluding hydrogens is 509 g/mol. The van der Waals surface area contributed by atoms with Crippen molar-refractivity contribution in [2.75, 3.05) is 32.4 Å². The lowest BCUT2D eigenvalue weighted by Gasteiger charge is -2.27. The first-order valence-electron chi connectivity index (χ1n) is 11.5. The Kier molecular flexibility index (Phi) is 10.1. The molecule has 0 fully saturated rings. The van der Waals surface area contributed by atoms with E-state index in [0.717, 1.165) is 0 Å². The number of ether oxygens (including phenoxy) is 4. The van der Waals surface area contributed by atoms with Gasteiger partial charge in [-0.25, -0.2) is 24.5 Å². The monoisotopic (exact) mass is 545 g/mol. The smallest absolute Gasteiger partial charge is 0.354 e. The number of rotatable bonds is 12. The predicted octanol–water partition coefficient (Wildman–Crippen LogP) is 2.21. The molecule has 0 aromatic carbocycles. The highest BCUT2D eigenvalue weighted by Crippen LogP contribution is 2.44. The quantitative estimate of drug-likeness (QED) is 0.171. The lowest BCUT2D eigenvalue weighted by molar-refractivity contribution is -0.179. The highest BCUT2D eigenvalue weighted by atomic mass is 31.2. The standard InChI is InChI=1S/C22H36N5O9P/c1-21(2,3)34-19(28)16(20(29)35-22(4,5)6)36-37(30,31)13-33-9-8-14(10-32-7)27-12-26-15-17(23)24-11-25-18(15)27/h11-12,14,16H,8-10,13H2,1-7H3,(H,30,31)(H2,23,24,25). The summed E-state index contributed by atoms with van der Waals surface area (Å²) in [5.74, 6) is -2.06. The molecular formula is C22H36N5O9P. The SMILES string of the molecule is COCC(CCOCP(=O)(O)OC(C(=O)OC(C)(C)C)C(=O)OC(C)(C)C)n1cnc2c(N)ncnc21. The Bertz CT molecular complexity index is 1100. The van der Waals surface area contributed by atoms with Gasteiger partial charge in [-0.15, -0.1) is 0 Å². The molecule has 0 aliphatic carbocycles. The minimum Gasteiger partial charge on any atom is -0.458 e. The first-order valence-corrected chi connectivity index (χ1v) is 13.2. The Morgan fingerprint density at radius 1 is 1.08 bits per heavy atom. The summed E-state index contributed by atoms with van der Waals surface area (Å²) in [6.07, 6.45) is 0.355. The van der Waals surface area contributed by atoms with Crippen molar-refractivity contribution in [2.24, 2.45) is 0 Å². The van der Waals surface area contributed by atoms with Gasteiger partial charge in [0.05, 0.1) is 19.0 Å². The molecule has 2 atom stereocenters. The number of imidazole rings is 1. The number of carbonyl (C=O) groups excluding carboxylic acids is 2. The minimum absolute atomic E-state index is 0.00567. The molecule has 37 heavy (non-hydrogen) atoms. The first-order chi connectivity index (χ1) is 17.0. The van der Waals surface area contributed by atoms with Crippen LogP contribution in [-0.4, -0.2) is 80.3 Å². The third-order valence-electron chi connectivity index (χ3n) is 4.50. The number of anilines is 1. The van der Waals surface area contributed by atoms with Gasteiger partial charge in [0.2, 0.25) is 0 Å². The zero-order chi connectivity index (χ0) is 28.0. The molecule has 0 aliphatic rings. The molecule has 2 aromatic heterocycles. The number of carbonyl (C=O) groups is 2. The first kappa shape index (κ1) is 30.6. The van der Waals surface area contributed by atoms with Crippen LogP contribution >= 0.6 is 7.60 Å². The van der Waals surface area contributed by atoms with E-state index in [2.05, 4.69) is 15.0 Å². The van der Waals surface area contributed by atoms with Gasteiger partial charge in [-0.05, 0) is 48.0 Å². The van der Waals surface area contributed by atoms with E-state index in [1.165, 1.54) is 13.4 Å².